The Morgan fingerprint density at radius 3 is 2.47 bits per heavy atom. The normalized spacial score (nSPS) is 25.3. The number of halogens is 1. The first kappa shape index (κ1) is 15.1. The first-order valence-electron chi connectivity index (χ1n) is 7.59. The highest BCUT2D eigenvalue weighted by atomic mass is 79.9. The van der Waals surface area contributed by atoms with Gasteiger partial charge in [0.2, 0.25) is 0 Å². The van der Waals surface area contributed by atoms with Crippen LogP contribution in [0, 0.1) is 18.8 Å². The van der Waals surface area contributed by atoms with E-state index in [1.165, 1.54) is 47.7 Å². The third-order valence-electron chi connectivity index (χ3n) is 4.82. The van der Waals surface area contributed by atoms with Gasteiger partial charge in [0.05, 0.1) is 0 Å². The highest BCUT2D eigenvalue weighted by Crippen LogP contribution is 2.38. The van der Waals surface area contributed by atoms with Crippen LogP contribution in [0.4, 0.5) is 0 Å². The molecule has 1 aliphatic rings. The zero-order chi connectivity index (χ0) is 13.8. The largest absolute Gasteiger partial charge is 0.313 e. The summed E-state index contributed by atoms with van der Waals surface area (Å²) in [6, 6.07) is 7.21. The lowest BCUT2D eigenvalue weighted by Crippen LogP contribution is -2.29. The fraction of sp³-hybridized carbons (Fsp3) is 0.647. The summed E-state index contributed by atoms with van der Waals surface area (Å²) in [6.07, 6.45) is 6.93. The van der Waals surface area contributed by atoms with Crippen molar-refractivity contribution in [3.05, 3.63) is 33.8 Å². The van der Waals surface area contributed by atoms with Crippen molar-refractivity contribution >= 4 is 15.9 Å². The zero-order valence-corrected chi connectivity index (χ0v) is 14.0. The van der Waals surface area contributed by atoms with Gasteiger partial charge in [-0.15, -0.1) is 0 Å². The second kappa shape index (κ2) is 6.90. The van der Waals surface area contributed by atoms with Crippen molar-refractivity contribution in [3.63, 3.8) is 0 Å². The molecule has 106 valence electrons. The molecule has 1 aromatic rings. The molecule has 0 spiro atoms. The molecule has 2 heteroatoms. The van der Waals surface area contributed by atoms with Gasteiger partial charge in [0, 0.05) is 10.5 Å². The van der Waals surface area contributed by atoms with Crippen molar-refractivity contribution in [2.24, 2.45) is 11.8 Å². The highest BCUT2D eigenvalue weighted by molar-refractivity contribution is 9.10. The van der Waals surface area contributed by atoms with Crippen LogP contribution in [0.2, 0.25) is 0 Å². The van der Waals surface area contributed by atoms with Crippen LogP contribution in [0.1, 0.15) is 56.2 Å². The lowest BCUT2D eigenvalue weighted by molar-refractivity contribution is 0.224. The predicted molar refractivity (Wildman–Crippen MR) is 86.4 cm³/mol. The van der Waals surface area contributed by atoms with E-state index in [0.717, 1.165) is 11.8 Å². The maximum Gasteiger partial charge on any atom is 0.0348 e. The average molecular weight is 324 g/mol. The Bertz CT molecular complexity index is 408. The second-order valence-corrected chi connectivity index (χ2v) is 6.87. The minimum Gasteiger partial charge on any atom is -0.313 e. The molecule has 0 aromatic heterocycles. The van der Waals surface area contributed by atoms with Crippen LogP contribution in [0.15, 0.2) is 22.7 Å². The topological polar surface area (TPSA) is 12.0 Å². The summed E-state index contributed by atoms with van der Waals surface area (Å²) >= 11 is 3.56. The standard InChI is InChI=1S/C17H26BrN/c1-4-13-5-7-14(8-6-13)17(19-3)16-10-9-15(18)11-12(16)2/h9-11,13-14,17,19H,4-8H2,1-3H3. The molecule has 0 heterocycles. The van der Waals surface area contributed by atoms with Gasteiger partial charge in [-0.25, -0.2) is 0 Å². The van der Waals surface area contributed by atoms with E-state index in [1.54, 1.807) is 0 Å². The first-order chi connectivity index (χ1) is 9.15. The average Bonchev–Trinajstić information content (AvgIpc) is 2.42. The number of hydrogen-bond donors (Lipinski definition) is 1. The Hall–Kier alpha value is -0.340. The van der Waals surface area contributed by atoms with Gasteiger partial charge in [-0.1, -0.05) is 48.2 Å². The van der Waals surface area contributed by atoms with Gasteiger partial charge in [-0.2, -0.15) is 0 Å². The van der Waals surface area contributed by atoms with Crippen LogP contribution < -0.4 is 5.32 Å². The Labute approximate surface area is 126 Å². The Morgan fingerprint density at radius 1 is 1.26 bits per heavy atom. The van der Waals surface area contributed by atoms with Crippen LogP contribution in [0.3, 0.4) is 0 Å². The molecule has 1 aromatic carbocycles. The van der Waals surface area contributed by atoms with E-state index in [4.69, 9.17) is 0 Å². The molecule has 0 amide bonds. The van der Waals surface area contributed by atoms with E-state index in [-0.39, 0.29) is 0 Å². The van der Waals surface area contributed by atoms with Crippen molar-refractivity contribution in [2.45, 2.75) is 52.0 Å². The third kappa shape index (κ3) is 3.61. The van der Waals surface area contributed by atoms with Crippen LogP contribution >= 0.6 is 15.9 Å². The molecule has 0 saturated heterocycles. The van der Waals surface area contributed by atoms with Crippen molar-refractivity contribution < 1.29 is 0 Å². The summed E-state index contributed by atoms with van der Waals surface area (Å²) in [6.45, 7) is 4.56. The monoisotopic (exact) mass is 323 g/mol. The van der Waals surface area contributed by atoms with Gasteiger partial charge < -0.3 is 5.32 Å². The number of hydrogen-bond acceptors (Lipinski definition) is 1. The molecule has 1 fully saturated rings. The molecular formula is C17H26BrN. The molecule has 1 unspecified atom stereocenters. The number of rotatable bonds is 4. The minimum atomic E-state index is 0.519. The molecule has 1 atom stereocenters. The van der Waals surface area contributed by atoms with Crippen molar-refractivity contribution in [1.82, 2.24) is 5.32 Å². The van der Waals surface area contributed by atoms with Gasteiger partial charge in [0.1, 0.15) is 0 Å². The summed E-state index contributed by atoms with van der Waals surface area (Å²) in [5, 5.41) is 3.57. The molecule has 0 radical (unpaired) electrons. The Kier molecular flexibility index (Phi) is 5.47. The van der Waals surface area contributed by atoms with E-state index < -0.39 is 0 Å². The number of aryl methyl sites for hydroxylation is 1. The summed E-state index contributed by atoms with van der Waals surface area (Å²) in [4.78, 5) is 0. The minimum absolute atomic E-state index is 0.519. The summed E-state index contributed by atoms with van der Waals surface area (Å²) in [7, 11) is 2.11. The lowest BCUT2D eigenvalue weighted by atomic mass is 9.75. The molecule has 0 bridgehead atoms. The summed E-state index contributed by atoms with van der Waals surface area (Å²) in [5.41, 5.74) is 2.87. The van der Waals surface area contributed by atoms with E-state index in [0.29, 0.717) is 6.04 Å². The molecule has 1 N–H and O–H groups in total. The maximum atomic E-state index is 3.57. The number of nitrogens with one attached hydrogen (secondary N) is 1. The van der Waals surface area contributed by atoms with Gasteiger partial charge >= 0.3 is 0 Å². The fourth-order valence-corrected chi connectivity index (χ4v) is 4.04. The Balaban J connectivity index is 2.12. The molecule has 2 rings (SSSR count). The second-order valence-electron chi connectivity index (χ2n) is 5.96. The Morgan fingerprint density at radius 2 is 1.95 bits per heavy atom. The zero-order valence-electron chi connectivity index (χ0n) is 12.4. The third-order valence-corrected chi connectivity index (χ3v) is 5.31. The SMILES string of the molecule is CCC1CCC(C(NC)c2ccc(Br)cc2C)CC1. The molecular weight excluding hydrogens is 298 g/mol. The fourth-order valence-electron chi connectivity index (χ4n) is 3.56. The van der Waals surface area contributed by atoms with Crippen LogP contribution in [0.25, 0.3) is 0 Å². The first-order valence-corrected chi connectivity index (χ1v) is 8.38. The van der Waals surface area contributed by atoms with Crippen molar-refractivity contribution in [1.29, 1.82) is 0 Å². The molecule has 1 saturated carbocycles. The van der Waals surface area contributed by atoms with Gasteiger partial charge in [0.25, 0.3) is 0 Å². The maximum absolute atomic E-state index is 3.57. The molecule has 19 heavy (non-hydrogen) atoms. The van der Waals surface area contributed by atoms with Crippen LogP contribution in [-0.4, -0.2) is 7.05 Å². The quantitative estimate of drug-likeness (QED) is 0.799. The van der Waals surface area contributed by atoms with Gasteiger partial charge in [-0.3, -0.25) is 0 Å². The van der Waals surface area contributed by atoms with Crippen molar-refractivity contribution in [2.75, 3.05) is 7.05 Å². The molecule has 1 nitrogen and oxygen atoms in total. The van der Waals surface area contributed by atoms with E-state index in [9.17, 15) is 0 Å². The van der Waals surface area contributed by atoms with E-state index >= 15 is 0 Å². The van der Waals surface area contributed by atoms with Crippen LogP contribution in [0.5, 0.6) is 0 Å². The van der Waals surface area contributed by atoms with Gasteiger partial charge in [0.15, 0.2) is 0 Å². The predicted octanol–water partition coefficient (Wildman–Crippen LogP) is 5.23. The van der Waals surface area contributed by atoms with Gasteiger partial charge in [-0.05, 0) is 61.9 Å². The van der Waals surface area contributed by atoms with Crippen molar-refractivity contribution in [3.8, 4) is 0 Å². The number of benzene rings is 1. The van der Waals surface area contributed by atoms with E-state index in [2.05, 4.69) is 60.3 Å². The summed E-state index contributed by atoms with van der Waals surface area (Å²) in [5.74, 6) is 1.77. The lowest BCUT2D eigenvalue weighted by Gasteiger charge is -2.34. The van der Waals surface area contributed by atoms with E-state index in [1.807, 2.05) is 0 Å². The molecule has 1 aliphatic carbocycles. The molecule has 0 aliphatic heterocycles. The van der Waals surface area contributed by atoms with Crippen LogP contribution in [-0.2, 0) is 0 Å². The summed E-state index contributed by atoms with van der Waals surface area (Å²) < 4.78 is 1.18. The smallest absolute Gasteiger partial charge is 0.0348 e. The highest BCUT2D eigenvalue weighted by Gasteiger charge is 2.27.